The van der Waals surface area contributed by atoms with Crippen LogP contribution in [0.5, 0.6) is 0 Å². The highest BCUT2D eigenvalue weighted by molar-refractivity contribution is 6.02. The summed E-state index contributed by atoms with van der Waals surface area (Å²) in [4.78, 5) is 0. The van der Waals surface area contributed by atoms with Crippen LogP contribution in [0, 0.1) is 0 Å². The average Bonchev–Trinajstić information content (AvgIpc) is 3.15. The van der Waals surface area contributed by atoms with Gasteiger partial charge in [0.15, 0.2) is 5.79 Å². The molecule has 1 aliphatic rings. The van der Waals surface area contributed by atoms with Crippen LogP contribution in [0.3, 0.4) is 0 Å². The molecule has 0 fully saturated rings. The molecular formula is C44H36O4. The fourth-order valence-electron chi connectivity index (χ4n) is 7.38. The number of aliphatic hydroxyl groups is 2. The van der Waals surface area contributed by atoms with Crippen LogP contribution in [0.4, 0.5) is 0 Å². The first-order valence-corrected chi connectivity index (χ1v) is 16.5. The van der Waals surface area contributed by atoms with E-state index in [1.54, 1.807) is 0 Å². The fraction of sp³-hybridized carbons (Fsp3) is 0.136. The molecule has 0 amide bonds. The second-order valence-corrected chi connectivity index (χ2v) is 12.3. The molecule has 48 heavy (non-hydrogen) atoms. The summed E-state index contributed by atoms with van der Waals surface area (Å²) in [5.41, 5.74) is 6.56. The van der Waals surface area contributed by atoms with Crippen molar-refractivity contribution in [1.82, 2.24) is 0 Å². The van der Waals surface area contributed by atoms with E-state index >= 15 is 0 Å². The highest BCUT2D eigenvalue weighted by atomic mass is 16.7. The van der Waals surface area contributed by atoms with Crippen molar-refractivity contribution in [1.29, 1.82) is 0 Å². The molecule has 0 saturated carbocycles. The number of rotatable bonds is 9. The van der Waals surface area contributed by atoms with Gasteiger partial charge in [0.1, 0.15) is 0 Å². The lowest BCUT2D eigenvalue weighted by Crippen LogP contribution is -2.48. The third kappa shape index (κ3) is 5.29. The minimum Gasteiger partial charge on any atom is -0.394 e. The molecule has 0 atom stereocenters. The van der Waals surface area contributed by atoms with Crippen molar-refractivity contribution in [3.05, 3.63) is 156 Å². The van der Waals surface area contributed by atoms with E-state index in [1.807, 2.05) is 0 Å². The third-order valence-electron chi connectivity index (χ3n) is 9.50. The zero-order valence-corrected chi connectivity index (χ0v) is 26.6. The molecule has 2 N–H and O–H groups in total. The Balaban J connectivity index is 1.35. The molecule has 0 unspecified atom stereocenters. The second kappa shape index (κ2) is 12.8. The minimum atomic E-state index is -1.19. The maximum atomic E-state index is 9.87. The van der Waals surface area contributed by atoms with Crippen LogP contribution in [-0.2, 0) is 9.47 Å². The molecule has 0 radical (unpaired) electrons. The quantitative estimate of drug-likeness (QED) is 0.162. The summed E-state index contributed by atoms with van der Waals surface area (Å²) in [6, 6.07) is 49.4. The van der Waals surface area contributed by atoms with Crippen molar-refractivity contribution >= 4 is 44.0 Å². The molecule has 0 spiro atoms. The molecule has 1 aliphatic carbocycles. The van der Waals surface area contributed by atoms with Crippen LogP contribution in [-0.4, -0.2) is 42.4 Å². The lowest BCUT2D eigenvalue weighted by atomic mass is 9.84. The highest BCUT2D eigenvalue weighted by Gasteiger charge is 2.39. The predicted octanol–water partition coefficient (Wildman–Crippen LogP) is 7.58. The second-order valence-electron chi connectivity index (χ2n) is 12.3. The molecule has 8 rings (SSSR count). The summed E-state index contributed by atoms with van der Waals surface area (Å²) >= 11 is 0. The number of aliphatic hydroxyl groups excluding tert-OH is 2. The summed E-state index contributed by atoms with van der Waals surface area (Å²) in [5.74, 6) is -1.19. The Morgan fingerprint density at radius 2 is 1.02 bits per heavy atom. The van der Waals surface area contributed by atoms with Gasteiger partial charge < -0.3 is 19.7 Å². The summed E-state index contributed by atoms with van der Waals surface area (Å²) in [6.45, 7) is -0.0903. The molecule has 236 valence electrons. The van der Waals surface area contributed by atoms with E-state index in [0.717, 1.165) is 43.5 Å². The van der Waals surface area contributed by atoms with E-state index in [2.05, 4.69) is 146 Å². The van der Waals surface area contributed by atoms with Gasteiger partial charge in [0, 0.05) is 12.0 Å². The highest BCUT2D eigenvalue weighted by Crippen LogP contribution is 2.40. The van der Waals surface area contributed by atoms with E-state index in [9.17, 15) is 10.2 Å². The number of ether oxygens (including phenoxy) is 2. The van der Waals surface area contributed by atoms with Crippen molar-refractivity contribution in [2.75, 3.05) is 26.4 Å². The normalized spacial score (nSPS) is 13.9. The fourth-order valence-corrected chi connectivity index (χ4v) is 7.38. The van der Waals surface area contributed by atoms with E-state index in [4.69, 9.17) is 9.47 Å². The van der Waals surface area contributed by atoms with Gasteiger partial charge in [-0.25, -0.2) is 0 Å². The van der Waals surface area contributed by atoms with E-state index in [-0.39, 0.29) is 26.4 Å². The first-order valence-electron chi connectivity index (χ1n) is 16.5. The molecule has 4 nitrogen and oxygen atoms in total. The molecule has 0 bridgehead atoms. The van der Waals surface area contributed by atoms with Crippen LogP contribution < -0.4 is 10.4 Å². The largest absolute Gasteiger partial charge is 0.394 e. The van der Waals surface area contributed by atoms with Gasteiger partial charge in [0.05, 0.1) is 26.4 Å². The van der Waals surface area contributed by atoms with Crippen LogP contribution in [0.1, 0.15) is 12.0 Å². The lowest BCUT2D eigenvalue weighted by molar-refractivity contribution is -0.200. The van der Waals surface area contributed by atoms with Gasteiger partial charge in [0.2, 0.25) is 0 Å². The predicted molar refractivity (Wildman–Crippen MR) is 196 cm³/mol. The third-order valence-corrected chi connectivity index (χ3v) is 9.50. The first kappa shape index (κ1) is 30.2. The molecule has 0 aromatic heterocycles. The Kier molecular flexibility index (Phi) is 8.09. The van der Waals surface area contributed by atoms with Crippen molar-refractivity contribution in [2.24, 2.45) is 0 Å². The maximum absolute atomic E-state index is 9.87. The summed E-state index contributed by atoms with van der Waals surface area (Å²) in [5, 5.41) is 28.9. The van der Waals surface area contributed by atoms with Gasteiger partial charge in [-0.2, -0.15) is 0 Å². The Hall–Kier alpha value is -5.10. The Morgan fingerprint density at radius 1 is 0.500 bits per heavy atom. The van der Waals surface area contributed by atoms with Crippen molar-refractivity contribution < 1.29 is 19.7 Å². The van der Waals surface area contributed by atoms with Crippen LogP contribution in [0.15, 0.2) is 140 Å². The number of hydrogen-bond donors (Lipinski definition) is 2. The van der Waals surface area contributed by atoms with E-state index < -0.39 is 5.79 Å². The van der Waals surface area contributed by atoms with Gasteiger partial charge in [-0.1, -0.05) is 133 Å². The van der Waals surface area contributed by atoms with E-state index in [1.165, 1.54) is 32.7 Å². The van der Waals surface area contributed by atoms with Gasteiger partial charge in [0.25, 0.3) is 0 Å². The van der Waals surface area contributed by atoms with Crippen LogP contribution >= 0.6 is 0 Å². The Bertz CT molecular complexity index is 2410. The molecule has 7 aromatic carbocycles. The molecule has 0 aliphatic heterocycles. The summed E-state index contributed by atoms with van der Waals surface area (Å²) in [6.07, 6.45) is 2.59. The minimum absolute atomic E-state index is 0.0994. The smallest absolute Gasteiger partial charge is 0.199 e. The molecule has 4 heteroatoms. The summed E-state index contributed by atoms with van der Waals surface area (Å²) in [7, 11) is 0. The van der Waals surface area contributed by atoms with Crippen molar-refractivity contribution in [3.8, 4) is 22.3 Å². The van der Waals surface area contributed by atoms with Gasteiger partial charge >= 0.3 is 0 Å². The number of fused-ring (bicyclic) bond motifs is 4. The standard InChI is InChI=1S/C44H36O4/c45-24-26-47-44(48-27-25-46)23-22-35-29-34(39-16-6-11-31-9-2-4-14-37(31)39)19-21-41(35)43(44)42-17-7-12-32-28-33(18-20-40(32)42)38-15-5-10-30-8-1-3-13-36(30)38/h1-22,28-29,45-46H,23-27H2. The number of benzene rings is 7. The number of hydrogen-bond acceptors (Lipinski definition) is 4. The lowest BCUT2D eigenvalue weighted by Gasteiger charge is -2.37. The molecular weight excluding hydrogens is 592 g/mol. The monoisotopic (exact) mass is 628 g/mol. The van der Waals surface area contributed by atoms with Gasteiger partial charge in [-0.15, -0.1) is 0 Å². The zero-order chi connectivity index (χ0) is 32.5. The SMILES string of the molecule is OCCOC1(OCCO)CC=c2cc(-c3cccc4ccccc34)ccc2=C1c1cccc2cc(-c3cccc4ccccc34)ccc12. The van der Waals surface area contributed by atoms with Crippen molar-refractivity contribution in [3.63, 3.8) is 0 Å². The molecule has 0 saturated heterocycles. The average molecular weight is 629 g/mol. The van der Waals surface area contributed by atoms with Crippen LogP contribution in [0.2, 0.25) is 0 Å². The Morgan fingerprint density at radius 3 is 1.67 bits per heavy atom. The van der Waals surface area contributed by atoms with Gasteiger partial charge in [-0.3, -0.25) is 0 Å². The van der Waals surface area contributed by atoms with Gasteiger partial charge in [-0.05, 0) is 82.7 Å². The first-order chi connectivity index (χ1) is 23.7. The van der Waals surface area contributed by atoms with Crippen LogP contribution in [0.25, 0.3) is 66.2 Å². The molecule has 0 heterocycles. The zero-order valence-electron chi connectivity index (χ0n) is 26.6. The van der Waals surface area contributed by atoms with E-state index in [0.29, 0.717) is 6.42 Å². The van der Waals surface area contributed by atoms with Crippen molar-refractivity contribution in [2.45, 2.75) is 12.2 Å². The molecule has 7 aromatic rings. The maximum Gasteiger partial charge on any atom is 0.199 e. The summed E-state index contributed by atoms with van der Waals surface area (Å²) < 4.78 is 12.9. The Labute approximate surface area is 279 Å². The topological polar surface area (TPSA) is 58.9 Å².